The smallest absolute Gasteiger partial charge is 0.393 e. The maximum Gasteiger partial charge on any atom is 0.433 e. The van der Waals surface area contributed by atoms with Crippen molar-refractivity contribution in [2.75, 3.05) is 19.6 Å². The highest BCUT2D eigenvalue weighted by molar-refractivity contribution is 5.85. The number of amides is 1. The van der Waals surface area contributed by atoms with Crippen LogP contribution in [0.25, 0.3) is 0 Å². The number of hydrogen-bond donors (Lipinski definition) is 3. The minimum absolute atomic E-state index is 0.0756. The molecule has 32 heavy (non-hydrogen) atoms. The molecule has 0 saturated heterocycles. The van der Waals surface area contributed by atoms with Gasteiger partial charge < -0.3 is 15.7 Å². The third kappa shape index (κ3) is 4.34. The number of fused-ring (bicyclic) bond motifs is 5. The van der Waals surface area contributed by atoms with Gasteiger partial charge in [0.25, 0.3) is 0 Å². The molecule has 4 saturated carbocycles. The molecule has 1 amide bonds. The van der Waals surface area contributed by atoms with Gasteiger partial charge in [-0.25, -0.2) is 4.79 Å². The van der Waals surface area contributed by atoms with Crippen LogP contribution in [-0.4, -0.2) is 42.6 Å². The molecule has 4 rings (SSSR count). The summed E-state index contributed by atoms with van der Waals surface area (Å²) in [6.07, 6.45) is 10.3. The Hall–Kier alpha value is -1.14. The van der Waals surface area contributed by atoms with E-state index in [1.54, 1.807) is 0 Å². The lowest BCUT2D eigenvalue weighted by Crippen LogP contribution is -2.54. The van der Waals surface area contributed by atoms with Crippen LogP contribution in [0.5, 0.6) is 0 Å². The first-order valence-electron chi connectivity index (χ1n) is 13.2. The van der Waals surface area contributed by atoms with Crippen molar-refractivity contribution in [2.45, 2.75) is 91.6 Å². The average molecular weight is 448 g/mol. The molecule has 4 aliphatic carbocycles. The Bertz CT molecular complexity index is 712. The molecule has 0 aliphatic heterocycles. The summed E-state index contributed by atoms with van der Waals surface area (Å²) in [5, 5.41) is 20.5. The molecule has 182 valence electrons. The SMILES string of the molecule is CCNCCNC(=O)O/N=C(\C)[C@H]1CC[C@H]2[C@@H]3CC[C@H]4C[C@H](O)CC[C@]4(C)[C@H]3CC[C@]12C. The van der Waals surface area contributed by atoms with Gasteiger partial charge in [-0.2, -0.15) is 0 Å². The van der Waals surface area contributed by atoms with Gasteiger partial charge in [-0.15, -0.1) is 0 Å². The molecule has 6 heteroatoms. The van der Waals surface area contributed by atoms with Crippen LogP contribution in [0.1, 0.15) is 85.5 Å². The normalized spacial score (nSPS) is 43.7. The van der Waals surface area contributed by atoms with Gasteiger partial charge in [-0.3, -0.25) is 4.84 Å². The molecule has 0 unspecified atom stereocenters. The van der Waals surface area contributed by atoms with Gasteiger partial charge in [0.15, 0.2) is 0 Å². The highest BCUT2D eigenvalue weighted by Gasteiger charge is 2.60. The topological polar surface area (TPSA) is 83.0 Å². The lowest BCUT2D eigenvalue weighted by atomic mass is 9.44. The van der Waals surface area contributed by atoms with Gasteiger partial charge in [0.05, 0.1) is 11.8 Å². The second-order valence-corrected chi connectivity index (χ2v) is 11.7. The van der Waals surface area contributed by atoms with E-state index in [1.807, 2.05) is 6.92 Å². The van der Waals surface area contributed by atoms with E-state index in [-0.39, 0.29) is 11.5 Å². The van der Waals surface area contributed by atoms with Crippen molar-refractivity contribution in [2.24, 2.45) is 45.6 Å². The maximum atomic E-state index is 12.0. The molecule has 0 spiro atoms. The Morgan fingerprint density at radius 2 is 1.78 bits per heavy atom. The number of hydrogen-bond acceptors (Lipinski definition) is 5. The monoisotopic (exact) mass is 447 g/mol. The molecule has 0 aromatic rings. The molecule has 0 aromatic heterocycles. The van der Waals surface area contributed by atoms with Crippen LogP contribution in [0.4, 0.5) is 4.79 Å². The number of nitrogens with zero attached hydrogens (tertiary/aromatic N) is 1. The molecule has 3 N–H and O–H groups in total. The van der Waals surface area contributed by atoms with Crippen molar-refractivity contribution in [3.63, 3.8) is 0 Å². The fraction of sp³-hybridized carbons (Fsp3) is 0.923. The van der Waals surface area contributed by atoms with Gasteiger partial charge in [0.2, 0.25) is 0 Å². The predicted molar refractivity (Wildman–Crippen MR) is 127 cm³/mol. The summed E-state index contributed by atoms with van der Waals surface area (Å²) in [5.41, 5.74) is 1.66. The van der Waals surface area contributed by atoms with E-state index in [0.717, 1.165) is 55.8 Å². The molecule has 0 radical (unpaired) electrons. The summed E-state index contributed by atoms with van der Waals surface area (Å²) < 4.78 is 0. The van der Waals surface area contributed by atoms with E-state index in [4.69, 9.17) is 4.84 Å². The number of likely N-dealkylation sites (N-methyl/N-ethyl adjacent to an activating group) is 1. The fourth-order valence-electron chi connectivity index (χ4n) is 8.56. The lowest BCUT2D eigenvalue weighted by molar-refractivity contribution is -0.123. The Labute approximate surface area is 194 Å². The standard InChI is InChI=1S/C26H45N3O3/c1-5-27-14-15-28-24(31)32-29-17(2)21-8-9-22-20-7-6-18-16-19(30)10-12-25(18,3)23(20)11-13-26(21,22)4/h18-23,27,30H,5-16H2,1-4H3,(H,28,31)/b29-17+/t18-,19+,20-,21+,22-,23-,25-,26+/m0/s1. The van der Waals surface area contributed by atoms with Gasteiger partial charge in [0, 0.05) is 19.0 Å². The molecule has 4 fully saturated rings. The van der Waals surface area contributed by atoms with E-state index in [0.29, 0.717) is 23.8 Å². The summed E-state index contributed by atoms with van der Waals surface area (Å²) in [6.45, 7) is 11.3. The number of aliphatic hydroxyl groups is 1. The van der Waals surface area contributed by atoms with Crippen molar-refractivity contribution in [3.05, 3.63) is 0 Å². The molecule has 0 bridgehead atoms. The molecule has 8 atom stereocenters. The summed E-state index contributed by atoms with van der Waals surface area (Å²) in [7, 11) is 0. The Balaban J connectivity index is 1.40. The predicted octanol–water partition coefficient (Wildman–Crippen LogP) is 4.72. The number of nitrogens with one attached hydrogen (secondary N) is 2. The fourth-order valence-corrected chi connectivity index (χ4v) is 8.56. The average Bonchev–Trinajstić information content (AvgIpc) is 3.13. The zero-order chi connectivity index (χ0) is 22.9. The van der Waals surface area contributed by atoms with E-state index < -0.39 is 6.09 Å². The second kappa shape index (κ2) is 9.61. The van der Waals surface area contributed by atoms with Gasteiger partial charge >= 0.3 is 6.09 Å². The molecular weight excluding hydrogens is 402 g/mol. The largest absolute Gasteiger partial charge is 0.433 e. The van der Waals surface area contributed by atoms with Crippen LogP contribution in [-0.2, 0) is 4.84 Å². The molecule has 0 aromatic carbocycles. The first kappa shape index (κ1) is 24.0. The first-order valence-corrected chi connectivity index (χ1v) is 13.2. The third-order valence-electron chi connectivity index (χ3n) is 10.2. The van der Waals surface area contributed by atoms with Crippen LogP contribution >= 0.6 is 0 Å². The van der Waals surface area contributed by atoms with Gasteiger partial charge in [-0.1, -0.05) is 25.9 Å². The minimum Gasteiger partial charge on any atom is -0.393 e. The molecule has 0 heterocycles. The lowest BCUT2D eigenvalue weighted by Gasteiger charge is -2.61. The zero-order valence-electron chi connectivity index (χ0n) is 20.7. The van der Waals surface area contributed by atoms with Crippen molar-refractivity contribution < 1.29 is 14.7 Å². The van der Waals surface area contributed by atoms with E-state index in [1.165, 1.54) is 38.5 Å². The number of oxime groups is 1. The Morgan fingerprint density at radius 3 is 2.56 bits per heavy atom. The number of carbonyl (C=O) groups excluding carboxylic acids is 1. The summed E-state index contributed by atoms with van der Waals surface area (Å²) in [6, 6.07) is 0. The second-order valence-electron chi connectivity index (χ2n) is 11.7. The molecule has 4 aliphatic rings. The van der Waals surface area contributed by atoms with Crippen molar-refractivity contribution in [1.29, 1.82) is 0 Å². The third-order valence-corrected chi connectivity index (χ3v) is 10.2. The summed E-state index contributed by atoms with van der Waals surface area (Å²) in [5.74, 6) is 3.47. The van der Waals surface area contributed by atoms with Crippen LogP contribution in [0.2, 0.25) is 0 Å². The quantitative estimate of drug-likeness (QED) is 0.238. The molecular formula is C26H45N3O3. The van der Waals surface area contributed by atoms with Crippen molar-refractivity contribution >= 4 is 11.8 Å². The first-order chi connectivity index (χ1) is 15.3. The van der Waals surface area contributed by atoms with E-state index >= 15 is 0 Å². The van der Waals surface area contributed by atoms with Crippen LogP contribution < -0.4 is 10.6 Å². The number of aliphatic hydroxyl groups excluding tert-OH is 1. The van der Waals surface area contributed by atoms with Crippen LogP contribution in [0.3, 0.4) is 0 Å². The van der Waals surface area contributed by atoms with Crippen molar-refractivity contribution in [3.8, 4) is 0 Å². The maximum absolute atomic E-state index is 12.0. The number of carbonyl (C=O) groups is 1. The number of rotatable bonds is 6. The highest BCUT2D eigenvalue weighted by Crippen LogP contribution is 2.67. The van der Waals surface area contributed by atoms with Gasteiger partial charge in [0.1, 0.15) is 0 Å². The Morgan fingerprint density at radius 1 is 1.03 bits per heavy atom. The molecule has 6 nitrogen and oxygen atoms in total. The van der Waals surface area contributed by atoms with E-state index in [2.05, 4.69) is 36.6 Å². The van der Waals surface area contributed by atoms with E-state index in [9.17, 15) is 9.90 Å². The van der Waals surface area contributed by atoms with Crippen LogP contribution in [0.15, 0.2) is 5.16 Å². The minimum atomic E-state index is -0.462. The summed E-state index contributed by atoms with van der Waals surface area (Å²) in [4.78, 5) is 17.2. The Kier molecular flexibility index (Phi) is 7.21. The summed E-state index contributed by atoms with van der Waals surface area (Å²) >= 11 is 0. The van der Waals surface area contributed by atoms with Gasteiger partial charge in [-0.05, 0) is 106 Å². The highest BCUT2D eigenvalue weighted by atomic mass is 16.7. The van der Waals surface area contributed by atoms with Crippen LogP contribution in [0, 0.1) is 40.4 Å². The van der Waals surface area contributed by atoms with Crippen molar-refractivity contribution in [1.82, 2.24) is 10.6 Å². The zero-order valence-corrected chi connectivity index (χ0v) is 20.7.